The fraction of sp³-hybridized carbons (Fsp3) is 0.231. The van der Waals surface area contributed by atoms with Gasteiger partial charge >= 0.3 is 0 Å². The van der Waals surface area contributed by atoms with E-state index in [1.165, 1.54) is 13.1 Å². The molecule has 3 N–H and O–H groups in total. The number of hydrogen-bond donors (Lipinski definition) is 2. The van der Waals surface area contributed by atoms with E-state index in [2.05, 4.69) is 20.5 Å². The van der Waals surface area contributed by atoms with Gasteiger partial charge in [0.25, 0.3) is 0 Å². The quantitative estimate of drug-likeness (QED) is 0.874. The van der Waals surface area contributed by atoms with Crippen molar-refractivity contribution in [3.05, 3.63) is 24.4 Å². The van der Waals surface area contributed by atoms with Crippen molar-refractivity contribution in [1.82, 2.24) is 15.2 Å². The summed E-state index contributed by atoms with van der Waals surface area (Å²) in [4.78, 5) is 15.3. The Bertz CT molecular complexity index is 630. The van der Waals surface area contributed by atoms with E-state index in [0.717, 1.165) is 5.56 Å². The summed E-state index contributed by atoms with van der Waals surface area (Å²) in [6.45, 7) is 3.82. The largest absolute Gasteiger partial charge is 0.492 e. The Hall–Kier alpha value is -2.70. The van der Waals surface area contributed by atoms with E-state index in [-0.39, 0.29) is 11.9 Å². The van der Waals surface area contributed by atoms with Crippen molar-refractivity contribution in [2.75, 3.05) is 17.7 Å². The van der Waals surface area contributed by atoms with Crippen molar-refractivity contribution in [3.63, 3.8) is 0 Å². The van der Waals surface area contributed by atoms with Gasteiger partial charge in [0.05, 0.1) is 24.2 Å². The lowest BCUT2D eigenvalue weighted by Crippen LogP contribution is -2.08. The second kappa shape index (κ2) is 5.96. The lowest BCUT2D eigenvalue weighted by molar-refractivity contribution is -0.114. The Morgan fingerprint density at radius 2 is 2.25 bits per heavy atom. The normalized spacial score (nSPS) is 10.1. The average Bonchev–Trinajstić information content (AvgIpc) is 2.40. The second-order valence-corrected chi connectivity index (χ2v) is 4.02. The molecular formula is C13H15N5O2. The molecule has 0 aliphatic heterocycles. The maximum Gasteiger partial charge on any atom is 0.240 e. The summed E-state index contributed by atoms with van der Waals surface area (Å²) in [6.07, 6.45) is 1.50. The Labute approximate surface area is 116 Å². The number of amides is 1. The highest BCUT2D eigenvalue weighted by atomic mass is 16.5. The third kappa shape index (κ3) is 3.19. The first kappa shape index (κ1) is 13.7. The lowest BCUT2D eigenvalue weighted by Gasteiger charge is -2.12. The van der Waals surface area contributed by atoms with Crippen LogP contribution in [0.25, 0.3) is 11.3 Å². The Morgan fingerprint density at radius 3 is 2.90 bits per heavy atom. The van der Waals surface area contributed by atoms with Crippen molar-refractivity contribution in [1.29, 1.82) is 0 Å². The summed E-state index contributed by atoms with van der Waals surface area (Å²) in [6, 6.07) is 5.35. The van der Waals surface area contributed by atoms with Gasteiger partial charge in [0.1, 0.15) is 5.75 Å². The van der Waals surface area contributed by atoms with Crippen LogP contribution in [0.4, 0.5) is 11.6 Å². The number of rotatable bonds is 4. The van der Waals surface area contributed by atoms with Crippen LogP contribution in [0.15, 0.2) is 24.4 Å². The average molecular weight is 273 g/mol. The molecule has 2 aromatic rings. The van der Waals surface area contributed by atoms with E-state index in [9.17, 15) is 4.79 Å². The Morgan fingerprint density at radius 1 is 1.45 bits per heavy atom. The van der Waals surface area contributed by atoms with Crippen molar-refractivity contribution < 1.29 is 9.53 Å². The molecule has 104 valence electrons. The number of nitrogens with one attached hydrogen (secondary N) is 1. The van der Waals surface area contributed by atoms with Gasteiger partial charge in [-0.2, -0.15) is 5.10 Å². The highest BCUT2D eigenvalue weighted by Gasteiger charge is 2.09. The Balaban J connectivity index is 2.43. The van der Waals surface area contributed by atoms with Crippen LogP contribution in [-0.4, -0.2) is 27.7 Å². The van der Waals surface area contributed by atoms with Gasteiger partial charge in [0.15, 0.2) is 0 Å². The number of ether oxygens (including phenoxy) is 1. The zero-order valence-corrected chi connectivity index (χ0v) is 11.3. The highest BCUT2D eigenvalue weighted by Crippen LogP contribution is 2.30. The fourth-order valence-electron chi connectivity index (χ4n) is 1.71. The first-order valence-electron chi connectivity index (χ1n) is 6.10. The Kier molecular flexibility index (Phi) is 4.09. The molecule has 0 bridgehead atoms. The SMILES string of the molecule is CCOc1ccc(-c2cnnc(N)n2)cc1NC(C)=O. The summed E-state index contributed by atoms with van der Waals surface area (Å²) in [5.41, 5.74) is 7.43. The maximum absolute atomic E-state index is 11.2. The summed E-state index contributed by atoms with van der Waals surface area (Å²) < 4.78 is 5.46. The van der Waals surface area contributed by atoms with Gasteiger partial charge in [-0.3, -0.25) is 4.79 Å². The fourth-order valence-corrected chi connectivity index (χ4v) is 1.71. The van der Waals surface area contributed by atoms with Gasteiger partial charge in [0, 0.05) is 12.5 Å². The minimum Gasteiger partial charge on any atom is -0.492 e. The van der Waals surface area contributed by atoms with Gasteiger partial charge in [-0.25, -0.2) is 4.98 Å². The zero-order valence-electron chi connectivity index (χ0n) is 11.3. The van der Waals surface area contributed by atoms with Gasteiger partial charge < -0.3 is 15.8 Å². The molecule has 1 heterocycles. The molecule has 20 heavy (non-hydrogen) atoms. The lowest BCUT2D eigenvalue weighted by atomic mass is 10.1. The van der Waals surface area contributed by atoms with Crippen LogP contribution in [0.2, 0.25) is 0 Å². The number of carbonyl (C=O) groups excluding carboxylic acids is 1. The van der Waals surface area contributed by atoms with Gasteiger partial charge in [-0.05, 0) is 25.1 Å². The van der Waals surface area contributed by atoms with E-state index >= 15 is 0 Å². The molecule has 0 fully saturated rings. The number of anilines is 2. The molecule has 1 aromatic carbocycles. The molecule has 0 spiro atoms. The van der Waals surface area contributed by atoms with Crippen LogP contribution in [0.3, 0.4) is 0 Å². The molecule has 1 amide bonds. The molecule has 1 aromatic heterocycles. The van der Waals surface area contributed by atoms with Crippen molar-refractivity contribution in [3.8, 4) is 17.0 Å². The molecule has 0 unspecified atom stereocenters. The van der Waals surface area contributed by atoms with Crippen LogP contribution in [-0.2, 0) is 4.79 Å². The number of benzene rings is 1. The van der Waals surface area contributed by atoms with Gasteiger partial charge in [0.2, 0.25) is 11.9 Å². The van der Waals surface area contributed by atoms with Gasteiger partial charge in [-0.15, -0.1) is 5.10 Å². The number of nitrogens with two attached hydrogens (primary N) is 1. The van der Waals surface area contributed by atoms with E-state index in [4.69, 9.17) is 10.5 Å². The number of nitrogen functional groups attached to an aromatic ring is 1. The van der Waals surface area contributed by atoms with Gasteiger partial charge in [-0.1, -0.05) is 0 Å². The second-order valence-electron chi connectivity index (χ2n) is 4.02. The van der Waals surface area contributed by atoms with E-state index < -0.39 is 0 Å². The summed E-state index contributed by atoms with van der Waals surface area (Å²) in [5, 5.41) is 10.1. The van der Waals surface area contributed by atoms with Crippen LogP contribution >= 0.6 is 0 Å². The summed E-state index contributed by atoms with van der Waals surface area (Å²) in [7, 11) is 0. The molecule has 0 radical (unpaired) electrons. The molecule has 0 aliphatic carbocycles. The molecule has 0 aliphatic rings. The minimum absolute atomic E-state index is 0.0949. The molecule has 7 nitrogen and oxygen atoms in total. The maximum atomic E-state index is 11.2. The monoisotopic (exact) mass is 273 g/mol. The number of hydrogen-bond acceptors (Lipinski definition) is 6. The van der Waals surface area contributed by atoms with Crippen LogP contribution < -0.4 is 15.8 Å². The molecule has 7 heteroatoms. The van der Waals surface area contributed by atoms with Crippen molar-refractivity contribution >= 4 is 17.5 Å². The predicted molar refractivity (Wildman–Crippen MR) is 75.1 cm³/mol. The van der Waals surface area contributed by atoms with Crippen LogP contribution in [0.5, 0.6) is 5.75 Å². The van der Waals surface area contributed by atoms with Crippen LogP contribution in [0, 0.1) is 0 Å². The summed E-state index contributed by atoms with van der Waals surface area (Å²) >= 11 is 0. The van der Waals surface area contributed by atoms with Crippen molar-refractivity contribution in [2.45, 2.75) is 13.8 Å². The molecule has 0 saturated carbocycles. The summed E-state index contributed by atoms with van der Waals surface area (Å²) in [5.74, 6) is 0.516. The number of carbonyl (C=O) groups is 1. The molecular weight excluding hydrogens is 258 g/mol. The molecule has 0 atom stereocenters. The molecule has 2 rings (SSSR count). The third-order valence-electron chi connectivity index (χ3n) is 2.46. The number of nitrogens with zero attached hydrogens (tertiary/aromatic N) is 3. The van der Waals surface area contributed by atoms with E-state index in [1.54, 1.807) is 12.1 Å². The zero-order chi connectivity index (χ0) is 14.5. The van der Waals surface area contributed by atoms with E-state index in [1.807, 2.05) is 13.0 Å². The van der Waals surface area contributed by atoms with Crippen molar-refractivity contribution in [2.24, 2.45) is 0 Å². The minimum atomic E-state index is -0.177. The standard InChI is InChI=1S/C13H15N5O2/c1-3-20-12-5-4-9(6-10(12)16-8(2)19)11-7-15-18-13(14)17-11/h4-7H,3H2,1-2H3,(H,16,19)(H2,14,17,18). The number of aromatic nitrogens is 3. The van der Waals surface area contributed by atoms with Crippen LogP contribution in [0.1, 0.15) is 13.8 Å². The highest BCUT2D eigenvalue weighted by molar-refractivity contribution is 5.91. The third-order valence-corrected chi connectivity index (χ3v) is 2.46. The molecule has 0 saturated heterocycles. The topological polar surface area (TPSA) is 103 Å². The van der Waals surface area contributed by atoms with E-state index in [0.29, 0.717) is 23.7 Å². The first-order chi connectivity index (χ1) is 9.60. The predicted octanol–water partition coefficient (Wildman–Crippen LogP) is 1.48. The first-order valence-corrected chi connectivity index (χ1v) is 6.10. The smallest absolute Gasteiger partial charge is 0.240 e.